The van der Waals surface area contributed by atoms with E-state index in [9.17, 15) is 0 Å². The van der Waals surface area contributed by atoms with Crippen molar-refractivity contribution in [1.82, 2.24) is 15.5 Å². The molecule has 5 heteroatoms. The first-order valence-electron chi connectivity index (χ1n) is 5.90. The Morgan fingerprint density at radius 1 is 1.56 bits per heavy atom. The van der Waals surface area contributed by atoms with Crippen molar-refractivity contribution in [2.45, 2.75) is 20.4 Å². The first-order chi connectivity index (χ1) is 8.70. The van der Waals surface area contributed by atoms with Crippen LogP contribution in [0.15, 0.2) is 22.7 Å². The highest BCUT2D eigenvalue weighted by Crippen LogP contribution is 2.23. The summed E-state index contributed by atoms with van der Waals surface area (Å²) in [6, 6.07) is 6.03. The van der Waals surface area contributed by atoms with Gasteiger partial charge >= 0.3 is 0 Å². The Morgan fingerprint density at radius 2 is 2.39 bits per heavy atom. The number of H-pyrrole nitrogens is 1. The van der Waals surface area contributed by atoms with Crippen LogP contribution < -0.4 is 5.32 Å². The zero-order valence-corrected chi connectivity index (χ0v) is 10.5. The van der Waals surface area contributed by atoms with Gasteiger partial charge in [0.1, 0.15) is 11.5 Å². The van der Waals surface area contributed by atoms with Gasteiger partial charge in [-0.25, -0.2) is 0 Å². The quantitative estimate of drug-likeness (QED) is 0.845. The number of rotatable bonds is 5. The summed E-state index contributed by atoms with van der Waals surface area (Å²) >= 11 is 0. The maximum Gasteiger partial charge on any atom is 0.152 e. The third kappa shape index (κ3) is 2.79. The van der Waals surface area contributed by atoms with Crippen molar-refractivity contribution in [2.75, 3.05) is 6.54 Å². The average molecular weight is 244 g/mol. The molecule has 0 aliphatic rings. The van der Waals surface area contributed by atoms with Crippen LogP contribution in [0.5, 0.6) is 0 Å². The van der Waals surface area contributed by atoms with Crippen LogP contribution in [0.4, 0.5) is 0 Å². The molecule has 94 valence electrons. The predicted molar refractivity (Wildman–Crippen MR) is 67.5 cm³/mol. The van der Waals surface area contributed by atoms with Crippen molar-refractivity contribution in [3.63, 3.8) is 0 Å². The highest BCUT2D eigenvalue weighted by molar-refractivity contribution is 5.56. The summed E-state index contributed by atoms with van der Waals surface area (Å²) in [5, 5.41) is 18.9. The molecule has 0 radical (unpaired) electrons. The van der Waals surface area contributed by atoms with E-state index in [-0.39, 0.29) is 5.92 Å². The van der Waals surface area contributed by atoms with E-state index in [4.69, 9.17) is 9.68 Å². The van der Waals surface area contributed by atoms with Gasteiger partial charge in [-0.3, -0.25) is 5.10 Å². The molecule has 0 saturated heterocycles. The lowest BCUT2D eigenvalue weighted by Crippen LogP contribution is -2.19. The van der Waals surface area contributed by atoms with Gasteiger partial charge in [-0.05, 0) is 26.0 Å². The molecule has 0 fully saturated rings. The molecule has 0 aliphatic carbocycles. The van der Waals surface area contributed by atoms with Crippen LogP contribution in [0.1, 0.15) is 18.2 Å². The van der Waals surface area contributed by atoms with Gasteiger partial charge in [-0.1, -0.05) is 0 Å². The fraction of sp³-hybridized carbons (Fsp3) is 0.385. The topological polar surface area (TPSA) is 77.6 Å². The Hall–Kier alpha value is -2.06. The number of nitrogens with zero attached hydrogens (tertiary/aromatic N) is 2. The molecule has 1 unspecified atom stereocenters. The van der Waals surface area contributed by atoms with E-state index in [0.29, 0.717) is 13.1 Å². The van der Waals surface area contributed by atoms with Crippen LogP contribution in [0, 0.1) is 24.2 Å². The first-order valence-corrected chi connectivity index (χ1v) is 5.90. The zero-order chi connectivity index (χ0) is 13.0. The molecule has 18 heavy (non-hydrogen) atoms. The summed E-state index contributed by atoms with van der Waals surface area (Å²) in [7, 11) is 0. The molecule has 0 bridgehead atoms. The normalized spacial score (nSPS) is 12.3. The summed E-state index contributed by atoms with van der Waals surface area (Å²) in [5.41, 5.74) is 1.93. The van der Waals surface area contributed by atoms with E-state index in [1.807, 2.05) is 26.0 Å². The van der Waals surface area contributed by atoms with Gasteiger partial charge in [0.2, 0.25) is 0 Å². The van der Waals surface area contributed by atoms with E-state index in [0.717, 1.165) is 22.8 Å². The fourth-order valence-electron chi connectivity index (χ4n) is 1.70. The van der Waals surface area contributed by atoms with E-state index in [1.54, 1.807) is 6.20 Å². The zero-order valence-electron chi connectivity index (χ0n) is 10.5. The maximum absolute atomic E-state index is 8.70. The minimum absolute atomic E-state index is 0.00575. The summed E-state index contributed by atoms with van der Waals surface area (Å²) in [6.45, 7) is 5.13. The fourth-order valence-corrected chi connectivity index (χ4v) is 1.70. The highest BCUT2D eigenvalue weighted by atomic mass is 16.3. The Labute approximate surface area is 106 Å². The van der Waals surface area contributed by atoms with Gasteiger partial charge in [0.15, 0.2) is 5.76 Å². The van der Waals surface area contributed by atoms with E-state index >= 15 is 0 Å². The number of hydrogen-bond donors (Lipinski definition) is 2. The summed E-state index contributed by atoms with van der Waals surface area (Å²) < 4.78 is 5.57. The first kappa shape index (κ1) is 12.4. The minimum Gasteiger partial charge on any atom is -0.460 e. The van der Waals surface area contributed by atoms with Gasteiger partial charge < -0.3 is 9.73 Å². The molecule has 0 saturated carbocycles. The van der Waals surface area contributed by atoms with Crippen LogP contribution in [-0.4, -0.2) is 16.7 Å². The lowest BCUT2D eigenvalue weighted by Gasteiger charge is -2.05. The van der Waals surface area contributed by atoms with Gasteiger partial charge in [-0.15, -0.1) is 0 Å². The van der Waals surface area contributed by atoms with E-state index in [2.05, 4.69) is 21.6 Å². The molecule has 2 rings (SSSR count). The standard InChI is InChI=1S/C13H16N4O/c1-9(5-14)6-15-7-11-8-16-17-13(11)12-4-3-10(2)18-12/h3-4,8-9,15H,6-7H2,1-2H3,(H,16,17). The van der Waals surface area contributed by atoms with E-state index in [1.165, 1.54) is 0 Å². The van der Waals surface area contributed by atoms with Gasteiger partial charge in [-0.2, -0.15) is 10.4 Å². The number of hydrogen-bond acceptors (Lipinski definition) is 4. The van der Waals surface area contributed by atoms with Crippen LogP contribution in [-0.2, 0) is 6.54 Å². The van der Waals surface area contributed by atoms with Crippen LogP contribution in [0.2, 0.25) is 0 Å². The second kappa shape index (κ2) is 5.52. The summed E-state index contributed by atoms with van der Waals surface area (Å²) in [5.74, 6) is 1.66. The highest BCUT2D eigenvalue weighted by Gasteiger charge is 2.11. The van der Waals surface area contributed by atoms with Crippen molar-refractivity contribution >= 4 is 0 Å². The Morgan fingerprint density at radius 3 is 3.06 bits per heavy atom. The largest absolute Gasteiger partial charge is 0.460 e. The monoisotopic (exact) mass is 244 g/mol. The minimum atomic E-state index is 0.00575. The molecular formula is C13H16N4O. The number of aryl methyl sites for hydroxylation is 1. The van der Waals surface area contributed by atoms with Crippen LogP contribution >= 0.6 is 0 Å². The van der Waals surface area contributed by atoms with Crippen molar-refractivity contribution < 1.29 is 4.42 Å². The number of nitriles is 1. The number of aromatic nitrogens is 2. The van der Waals surface area contributed by atoms with Gasteiger partial charge in [0, 0.05) is 18.7 Å². The number of furan rings is 1. The third-order valence-electron chi connectivity index (χ3n) is 2.69. The van der Waals surface area contributed by atoms with Crippen molar-refractivity contribution in [3.8, 4) is 17.5 Å². The predicted octanol–water partition coefficient (Wildman–Crippen LogP) is 2.23. The third-order valence-corrected chi connectivity index (χ3v) is 2.69. The Bertz CT molecular complexity index is 549. The lowest BCUT2D eigenvalue weighted by molar-refractivity contribution is 0.544. The number of aromatic amines is 1. The molecule has 1 atom stereocenters. The molecule has 5 nitrogen and oxygen atoms in total. The Balaban J connectivity index is 2.03. The van der Waals surface area contributed by atoms with Crippen LogP contribution in [0.3, 0.4) is 0 Å². The van der Waals surface area contributed by atoms with Crippen molar-refractivity contribution in [2.24, 2.45) is 5.92 Å². The molecule has 2 N–H and O–H groups in total. The molecule has 2 aromatic heterocycles. The van der Waals surface area contributed by atoms with Gasteiger partial charge in [0.25, 0.3) is 0 Å². The molecular weight excluding hydrogens is 228 g/mol. The molecule has 2 heterocycles. The molecule has 0 aromatic carbocycles. The summed E-state index contributed by atoms with van der Waals surface area (Å²) in [6.07, 6.45) is 1.78. The number of nitrogens with one attached hydrogen (secondary N) is 2. The lowest BCUT2D eigenvalue weighted by atomic mass is 10.2. The summed E-state index contributed by atoms with van der Waals surface area (Å²) in [4.78, 5) is 0. The average Bonchev–Trinajstić information content (AvgIpc) is 2.97. The molecule has 0 aliphatic heterocycles. The van der Waals surface area contributed by atoms with Crippen molar-refractivity contribution in [1.29, 1.82) is 5.26 Å². The molecule has 0 spiro atoms. The van der Waals surface area contributed by atoms with Crippen molar-refractivity contribution in [3.05, 3.63) is 29.7 Å². The van der Waals surface area contributed by atoms with Gasteiger partial charge in [0.05, 0.1) is 18.2 Å². The second-order valence-electron chi connectivity index (χ2n) is 4.34. The molecule has 2 aromatic rings. The van der Waals surface area contributed by atoms with Crippen LogP contribution in [0.25, 0.3) is 11.5 Å². The maximum atomic E-state index is 8.70. The Kier molecular flexibility index (Phi) is 3.80. The SMILES string of the molecule is Cc1ccc(-c2[nH]ncc2CNCC(C)C#N)o1. The van der Waals surface area contributed by atoms with E-state index < -0.39 is 0 Å². The smallest absolute Gasteiger partial charge is 0.152 e. The second-order valence-corrected chi connectivity index (χ2v) is 4.34. The molecule has 0 amide bonds.